The topological polar surface area (TPSA) is 17.1 Å². The zero-order valence-electron chi connectivity index (χ0n) is 7.96. The molecule has 1 nitrogen and oxygen atoms in total. The van der Waals surface area contributed by atoms with E-state index in [1.54, 1.807) is 29.6 Å². The Morgan fingerprint density at radius 3 is 2.29 bits per heavy atom. The van der Waals surface area contributed by atoms with Crippen LogP contribution in [0.4, 0.5) is 0 Å². The molecule has 0 N–H and O–H groups in total. The van der Waals surface area contributed by atoms with Crippen LogP contribution >= 0.6 is 34.5 Å². The molecule has 0 unspecified atom stereocenters. The quantitative estimate of drug-likeness (QED) is 0.600. The van der Waals surface area contributed by atoms with Crippen LogP contribution in [0.1, 0.15) is 10.4 Å². The molecule has 0 saturated heterocycles. The number of rotatable bonds is 2. The van der Waals surface area contributed by atoms with Crippen LogP contribution in [0.15, 0.2) is 24.3 Å². The van der Waals surface area contributed by atoms with Gasteiger partial charge in [0.25, 0.3) is 0 Å². The van der Waals surface area contributed by atoms with Gasteiger partial charge in [-0.15, -0.1) is 0 Å². The number of hydrogen-bond acceptors (Lipinski definition) is 1. The fourth-order valence-corrected chi connectivity index (χ4v) is 2.22. The van der Waals surface area contributed by atoms with Crippen molar-refractivity contribution in [2.75, 3.05) is 12.5 Å². The van der Waals surface area contributed by atoms with Crippen molar-refractivity contribution in [2.24, 2.45) is 0 Å². The molecule has 0 bridgehead atoms. The summed E-state index contributed by atoms with van der Waals surface area (Å²) in [5.41, 5.74) is 0.675. The molecule has 0 atom stereocenters. The van der Waals surface area contributed by atoms with E-state index in [9.17, 15) is 4.79 Å². The van der Waals surface area contributed by atoms with Crippen molar-refractivity contribution in [3.05, 3.63) is 34.9 Å². The lowest BCUT2D eigenvalue weighted by molar-refractivity contribution is 0.107. The van der Waals surface area contributed by atoms with Gasteiger partial charge in [-0.2, -0.15) is 8.05 Å². The van der Waals surface area contributed by atoms with Gasteiger partial charge in [0.15, 0.2) is 5.78 Å². The highest BCUT2D eigenvalue weighted by Crippen LogP contribution is 2.35. The first-order valence-corrected chi connectivity index (χ1v) is 8.69. The van der Waals surface area contributed by atoms with Gasteiger partial charge in [0.2, 0.25) is 0 Å². The van der Waals surface area contributed by atoms with Crippen LogP contribution in [0.2, 0.25) is 5.02 Å². The summed E-state index contributed by atoms with van der Waals surface area (Å²) in [6.45, 7) is 0. The summed E-state index contributed by atoms with van der Waals surface area (Å²) in [6, 6.07) is 6.91. The van der Waals surface area contributed by atoms with E-state index in [4.69, 9.17) is 11.6 Å². The van der Waals surface area contributed by atoms with E-state index >= 15 is 0 Å². The zero-order valence-corrected chi connectivity index (χ0v) is 11.1. The molecular weight excluding hydrogens is 284 g/mol. The normalized spacial score (nSPS) is 11.1. The predicted octanol–water partition coefficient (Wildman–Crippen LogP) is 3.70. The van der Waals surface area contributed by atoms with Crippen LogP contribution in [0.3, 0.4) is 0 Å². The van der Waals surface area contributed by atoms with Gasteiger partial charge in [-0.3, -0.25) is 4.79 Å². The van der Waals surface area contributed by atoms with Crippen LogP contribution in [-0.2, 0) is 0 Å². The Morgan fingerprint density at radius 2 is 1.86 bits per heavy atom. The molecule has 0 aliphatic rings. The van der Waals surface area contributed by atoms with Gasteiger partial charge in [-0.25, -0.2) is 0 Å². The number of Topliss-reactive ketones (excluding diaryl/α,β-unsaturated/α-hetero) is 1. The largest absolute Gasteiger partial charge is 0.289 e. The van der Waals surface area contributed by atoms with Gasteiger partial charge in [-0.1, -0.05) is 11.6 Å². The third kappa shape index (κ3) is 3.95. The lowest BCUT2D eigenvalue weighted by atomic mass is 10.2. The first-order chi connectivity index (χ1) is 6.38. The molecule has 0 fully saturated rings. The molecular formula is C10H11BrClOS. The molecule has 0 saturated carbocycles. The van der Waals surface area contributed by atoms with Crippen molar-refractivity contribution < 1.29 is 4.79 Å². The Bertz CT molecular complexity index is 383. The number of benzene rings is 1. The number of hydrogen-bond donors (Lipinski definition) is 0. The number of carbonyl (C=O) groups excluding carboxylic acids is 1. The third-order valence-electron chi connectivity index (χ3n) is 1.52. The zero-order chi connectivity index (χ0) is 10.8. The fourth-order valence-electron chi connectivity index (χ4n) is 0.937. The number of ketones is 1. The Kier molecular flexibility index (Phi) is 3.93. The fraction of sp³-hybridized carbons (Fsp3) is 0.200. The second kappa shape index (κ2) is 4.60. The van der Waals surface area contributed by atoms with Gasteiger partial charge in [-0.05, 0) is 51.6 Å². The molecule has 0 amide bonds. The van der Waals surface area contributed by atoms with Crippen molar-refractivity contribution in [1.29, 1.82) is 0 Å². The smallest absolute Gasteiger partial charge is 0.191 e. The van der Waals surface area contributed by atoms with Crippen LogP contribution in [0.5, 0.6) is 0 Å². The second-order valence-corrected chi connectivity index (χ2v) is 11.5. The minimum Gasteiger partial charge on any atom is -0.289 e. The molecule has 77 valence electrons. The number of carbonyl (C=O) groups is 1. The first kappa shape index (κ1) is 12.0. The minimum atomic E-state index is -1.08. The Morgan fingerprint density at radius 1 is 1.36 bits per heavy atom. The Hall–Kier alpha value is -0.120. The lowest BCUT2D eigenvalue weighted by Gasteiger charge is -2.06. The highest BCUT2D eigenvalue weighted by Gasteiger charge is 2.04. The van der Waals surface area contributed by atoms with Gasteiger partial charge in [0.05, 0.1) is 0 Å². The van der Waals surface area contributed by atoms with Crippen molar-refractivity contribution in [3.63, 3.8) is 0 Å². The van der Waals surface area contributed by atoms with Gasteiger partial charge in [0.1, 0.15) is 0 Å². The summed E-state index contributed by atoms with van der Waals surface area (Å²) in [5.74, 6) is 0.0403. The van der Waals surface area contributed by atoms with E-state index in [0.29, 0.717) is 10.6 Å². The van der Waals surface area contributed by atoms with Crippen LogP contribution in [0.25, 0.3) is 0 Å². The van der Waals surface area contributed by atoms with Crippen LogP contribution < -0.4 is 0 Å². The molecule has 1 radical (unpaired) electrons. The van der Waals surface area contributed by atoms with Crippen molar-refractivity contribution in [2.45, 2.75) is 0 Å². The summed E-state index contributed by atoms with van der Waals surface area (Å²) >= 11 is 9.20. The summed E-state index contributed by atoms with van der Waals surface area (Å²) in [4.78, 5) is 11.7. The van der Waals surface area contributed by atoms with Gasteiger partial charge >= 0.3 is 0 Å². The maximum absolute atomic E-state index is 11.7. The maximum atomic E-state index is 11.7. The van der Waals surface area contributed by atoms with E-state index in [2.05, 4.69) is 14.8 Å². The van der Waals surface area contributed by atoms with E-state index in [-0.39, 0.29) is 5.78 Å². The Labute approximate surface area is 97.6 Å². The van der Waals surface area contributed by atoms with E-state index < -0.39 is 8.05 Å². The highest BCUT2D eigenvalue weighted by molar-refractivity contribution is 9.57. The van der Waals surface area contributed by atoms with Gasteiger partial charge in [0, 0.05) is 16.0 Å². The molecule has 0 aliphatic heterocycles. The Balaban J connectivity index is 2.97. The third-order valence-corrected chi connectivity index (χ3v) is 3.10. The molecule has 1 rings (SSSR count). The van der Waals surface area contributed by atoms with Gasteiger partial charge < -0.3 is 0 Å². The van der Waals surface area contributed by atoms with Crippen LogP contribution in [0, 0.1) is 0 Å². The number of halogens is 2. The summed E-state index contributed by atoms with van der Waals surface area (Å²) in [5, 5.41) is 2.36. The average Bonchev–Trinajstić information content (AvgIpc) is 2.02. The van der Waals surface area contributed by atoms with E-state index in [1.165, 1.54) is 0 Å². The van der Waals surface area contributed by atoms with E-state index in [1.807, 2.05) is 12.5 Å². The monoisotopic (exact) mass is 293 g/mol. The first-order valence-electron chi connectivity index (χ1n) is 3.96. The van der Waals surface area contributed by atoms with Crippen molar-refractivity contribution in [1.82, 2.24) is 0 Å². The standard InChI is InChI=1S/C10H11BrClOS/c1-14(2,11)7-10(13)8-3-5-9(12)6-4-8/h3-7H,1-2H3. The predicted molar refractivity (Wildman–Crippen MR) is 70.2 cm³/mol. The molecule has 1 aromatic rings. The molecule has 0 spiro atoms. The average molecular weight is 295 g/mol. The second-order valence-electron chi connectivity index (χ2n) is 3.27. The molecule has 1 aromatic carbocycles. The summed E-state index contributed by atoms with van der Waals surface area (Å²) in [7, 11) is -1.08. The molecule has 14 heavy (non-hydrogen) atoms. The highest BCUT2D eigenvalue weighted by atomic mass is 79.9. The molecule has 0 heterocycles. The molecule has 0 aromatic heterocycles. The molecule has 0 aliphatic carbocycles. The molecule has 4 heteroatoms. The van der Waals surface area contributed by atoms with E-state index in [0.717, 1.165) is 0 Å². The van der Waals surface area contributed by atoms with Crippen molar-refractivity contribution >= 4 is 45.6 Å². The van der Waals surface area contributed by atoms with Crippen molar-refractivity contribution in [3.8, 4) is 0 Å². The maximum Gasteiger partial charge on any atom is 0.191 e. The summed E-state index contributed by atoms with van der Waals surface area (Å²) in [6.07, 6.45) is 4.00. The summed E-state index contributed by atoms with van der Waals surface area (Å²) < 4.78 is 0. The SMILES string of the molecule is C[S](C)(Br)=CC(=O)c1ccc(Cl)cc1. The van der Waals surface area contributed by atoms with Crippen LogP contribution in [-0.4, -0.2) is 23.7 Å². The minimum absolute atomic E-state index is 0.0403. The lowest BCUT2D eigenvalue weighted by Crippen LogP contribution is -2.01.